The molecule has 1 N–H and O–H groups in total. The number of aromatic carboxylic acids is 1. The molecule has 110 valence electrons. The molecule has 0 aliphatic heterocycles. The fourth-order valence-electron chi connectivity index (χ4n) is 2.63. The van der Waals surface area contributed by atoms with Gasteiger partial charge in [0.2, 0.25) is 0 Å². The molecule has 2 aromatic carbocycles. The fraction of sp³-hybridized carbons (Fsp3) is 0.111. The van der Waals surface area contributed by atoms with Gasteiger partial charge in [-0.3, -0.25) is 0 Å². The first-order chi connectivity index (χ1) is 10.5. The van der Waals surface area contributed by atoms with E-state index in [0.717, 1.165) is 15.6 Å². The number of aromatic nitrogens is 1. The molecule has 0 amide bonds. The molecular formula is C18H14BrNO2. The minimum Gasteiger partial charge on any atom is -0.478 e. The first-order valence-corrected chi connectivity index (χ1v) is 7.67. The lowest BCUT2D eigenvalue weighted by Crippen LogP contribution is -2.01. The van der Waals surface area contributed by atoms with Crippen molar-refractivity contribution in [1.29, 1.82) is 0 Å². The summed E-state index contributed by atoms with van der Waals surface area (Å²) in [5.41, 5.74) is 4.80. The summed E-state index contributed by atoms with van der Waals surface area (Å²) in [5, 5.41) is 10.2. The van der Waals surface area contributed by atoms with Crippen LogP contribution < -0.4 is 0 Å². The number of carbonyl (C=O) groups is 1. The number of carboxylic acid groups (broad SMARTS) is 1. The molecular weight excluding hydrogens is 342 g/mol. The van der Waals surface area contributed by atoms with Gasteiger partial charge in [0.25, 0.3) is 0 Å². The average molecular weight is 356 g/mol. The second kappa shape index (κ2) is 5.54. The SMILES string of the molecule is Cc1ccc(-c2cc(C(=O)O)c3cccc(Br)c3n2)c(C)c1. The monoisotopic (exact) mass is 355 g/mol. The lowest BCUT2D eigenvalue weighted by Gasteiger charge is -2.11. The van der Waals surface area contributed by atoms with E-state index in [1.54, 1.807) is 12.1 Å². The van der Waals surface area contributed by atoms with E-state index in [1.165, 1.54) is 5.56 Å². The molecule has 4 heteroatoms. The number of rotatable bonds is 2. The number of hydrogen-bond donors (Lipinski definition) is 1. The number of pyridine rings is 1. The quantitative estimate of drug-likeness (QED) is 0.705. The predicted molar refractivity (Wildman–Crippen MR) is 91.3 cm³/mol. The maximum absolute atomic E-state index is 11.6. The third kappa shape index (κ3) is 2.50. The van der Waals surface area contributed by atoms with Gasteiger partial charge in [-0.25, -0.2) is 9.78 Å². The lowest BCUT2D eigenvalue weighted by molar-refractivity contribution is 0.0699. The minimum absolute atomic E-state index is 0.265. The van der Waals surface area contributed by atoms with Crippen LogP contribution in [0.4, 0.5) is 0 Å². The van der Waals surface area contributed by atoms with Crippen LogP contribution in [0.5, 0.6) is 0 Å². The van der Waals surface area contributed by atoms with Gasteiger partial charge >= 0.3 is 5.97 Å². The van der Waals surface area contributed by atoms with E-state index in [1.807, 2.05) is 38.1 Å². The summed E-state index contributed by atoms with van der Waals surface area (Å²) < 4.78 is 0.791. The molecule has 0 radical (unpaired) electrons. The normalized spacial score (nSPS) is 10.9. The summed E-state index contributed by atoms with van der Waals surface area (Å²) in [4.78, 5) is 16.3. The number of carboxylic acids is 1. The molecule has 0 bridgehead atoms. The summed E-state index contributed by atoms with van der Waals surface area (Å²) in [5.74, 6) is -0.948. The Labute approximate surface area is 136 Å². The molecule has 0 aliphatic rings. The zero-order valence-electron chi connectivity index (χ0n) is 12.2. The van der Waals surface area contributed by atoms with Gasteiger partial charge in [0.15, 0.2) is 0 Å². The van der Waals surface area contributed by atoms with Crippen LogP contribution in [0.3, 0.4) is 0 Å². The zero-order chi connectivity index (χ0) is 15.9. The van der Waals surface area contributed by atoms with E-state index < -0.39 is 5.97 Å². The van der Waals surface area contributed by atoms with Crippen LogP contribution in [-0.2, 0) is 0 Å². The molecule has 3 rings (SSSR count). The first-order valence-electron chi connectivity index (χ1n) is 6.87. The van der Waals surface area contributed by atoms with Gasteiger partial charge in [0, 0.05) is 15.4 Å². The van der Waals surface area contributed by atoms with Crippen molar-refractivity contribution in [2.45, 2.75) is 13.8 Å². The van der Waals surface area contributed by atoms with Crippen LogP contribution in [0.15, 0.2) is 46.9 Å². The average Bonchev–Trinajstić information content (AvgIpc) is 2.47. The number of nitrogens with zero attached hydrogens (tertiary/aromatic N) is 1. The van der Waals surface area contributed by atoms with E-state index in [2.05, 4.69) is 27.0 Å². The molecule has 0 atom stereocenters. The van der Waals surface area contributed by atoms with Crippen molar-refractivity contribution in [2.24, 2.45) is 0 Å². The third-order valence-corrected chi connectivity index (χ3v) is 4.32. The van der Waals surface area contributed by atoms with Crippen LogP contribution in [0.2, 0.25) is 0 Å². The molecule has 3 aromatic rings. The Balaban J connectivity index is 2.36. The van der Waals surface area contributed by atoms with Crippen molar-refractivity contribution < 1.29 is 9.90 Å². The van der Waals surface area contributed by atoms with Crippen LogP contribution >= 0.6 is 15.9 Å². The van der Waals surface area contributed by atoms with Gasteiger partial charge < -0.3 is 5.11 Å². The Morgan fingerprint density at radius 2 is 1.91 bits per heavy atom. The highest BCUT2D eigenvalue weighted by molar-refractivity contribution is 9.10. The largest absolute Gasteiger partial charge is 0.478 e. The van der Waals surface area contributed by atoms with Gasteiger partial charge in [-0.2, -0.15) is 0 Å². The van der Waals surface area contributed by atoms with Crippen molar-refractivity contribution in [1.82, 2.24) is 4.98 Å². The van der Waals surface area contributed by atoms with Crippen molar-refractivity contribution in [2.75, 3.05) is 0 Å². The minimum atomic E-state index is -0.948. The van der Waals surface area contributed by atoms with E-state index in [9.17, 15) is 9.90 Å². The second-order valence-electron chi connectivity index (χ2n) is 5.31. The van der Waals surface area contributed by atoms with Crippen molar-refractivity contribution >= 4 is 32.8 Å². The van der Waals surface area contributed by atoms with E-state index in [4.69, 9.17) is 0 Å². The number of fused-ring (bicyclic) bond motifs is 1. The van der Waals surface area contributed by atoms with Gasteiger partial charge in [-0.15, -0.1) is 0 Å². The maximum Gasteiger partial charge on any atom is 0.336 e. The highest BCUT2D eigenvalue weighted by Gasteiger charge is 2.15. The topological polar surface area (TPSA) is 50.2 Å². The molecule has 0 saturated carbocycles. The summed E-state index contributed by atoms with van der Waals surface area (Å²) in [6.07, 6.45) is 0. The number of para-hydroxylation sites is 1. The Morgan fingerprint density at radius 3 is 2.59 bits per heavy atom. The smallest absolute Gasteiger partial charge is 0.336 e. The van der Waals surface area contributed by atoms with Crippen LogP contribution in [0, 0.1) is 13.8 Å². The van der Waals surface area contributed by atoms with Crippen molar-refractivity contribution in [3.63, 3.8) is 0 Å². The van der Waals surface area contributed by atoms with E-state index in [0.29, 0.717) is 16.6 Å². The molecule has 3 nitrogen and oxygen atoms in total. The standard InChI is InChI=1S/C18H14BrNO2/c1-10-6-7-12(11(2)8-10)16-9-14(18(21)22)13-4-3-5-15(19)17(13)20-16/h3-9H,1-2H3,(H,21,22). The Hall–Kier alpha value is -2.20. The number of aryl methyl sites for hydroxylation is 2. The van der Waals surface area contributed by atoms with Crippen molar-refractivity contribution in [3.8, 4) is 11.3 Å². The van der Waals surface area contributed by atoms with E-state index >= 15 is 0 Å². The maximum atomic E-state index is 11.6. The molecule has 0 aliphatic carbocycles. The summed E-state index contributed by atoms with van der Waals surface area (Å²) in [6, 6.07) is 13.2. The molecule has 1 heterocycles. The summed E-state index contributed by atoms with van der Waals surface area (Å²) >= 11 is 3.46. The molecule has 0 unspecified atom stereocenters. The van der Waals surface area contributed by atoms with Crippen molar-refractivity contribution in [3.05, 3.63) is 63.6 Å². The Morgan fingerprint density at radius 1 is 1.14 bits per heavy atom. The van der Waals surface area contributed by atoms with Gasteiger partial charge in [-0.1, -0.05) is 35.9 Å². The second-order valence-corrected chi connectivity index (χ2v) is 6.17. The Kier molecular flexibility index (Phi) is 3.71. The molecule has 0 saturated heterocycles. The number of hydrogen-bond acceptors (Lipinski definition) is 2. The molecule has 0 spiro atoms. The zero-order valence-corrected chi connectivity index (χ0v) is 13.8. The van der Waals surface area contributed by atoms with E-state index in [-0.39, 0.29) is 5.56 Å². The third-order valence-electron chi connectivity index (χ3n) is 3.68. The Bertz CT molecular complexity index is 903. The van der Waals surface area contributed by atoms with Crippen LogP contribution in [0.25, 0.3) is 22.2 Å². The highest BCUT2D eigenvalue weighted by atomic mass is 79.9. The van der Waals surface area contributed by atoms with Gasteiger partial charge in [0.05, 0.1) is 16.8 Å². The first kappa shape index (κ1) is 14.7. The molecule has 22 heavy (non-hydrogen) atoms. The lowest BCUT2D eigenvalue weighted by atomic mass is 9.99. The number of benzene rings is 2. The van der Waals surface area contributed by atoms with Crippen LogP contribution in [-0.4, -0.2) is 16.1 Å². The predicted octanol–water partition coefficient (Wildman–Crippen LogP) is 4.98. The summed E-state index contributed by atoms with van der Waals surface area (Å²) in [6.45, 7) is 4.04. The number of halogens is 1. The highest BCUT2D eigenvalue weighted by Crippen LogP contribution is 2.30. The summed E-state index contributed by atoms with van der Waals surface area (Å²) in [7, 11) is 0. The van der Waals surface area contributed by atoms with Crippen LogP contribution in [0.1, 0.15) is 21.5 Å². The van der Waals surface area contributed by atoms with Gasteiger partial charge in [-0.05, 0) is 47.5 Å². The van der Waals surface area contributed by atoms with Gasteiger partial charge in [0.1, 0.15) is 0 Å². The fourth-order valence-corrected chi connectivity index (χ4v) is 3.08. The molecule has 1 aromatic heterocycles. The molecule has 0 fully saturated rings.